The van der Waals surface area contributed by atoms with Crippen molar-refractivity contribution in [2.75, 3.05) is 26.7 Å². The number of hydrogen-bond acceptors (Lipinski definition) is 4. The van der Waals surface area contributed by atoms with Crippen LogP contribution in [0, 0.1) is 0 Å². The van der Waals surface area contributed by atoms with Gasteiger partial charge in [-0.1, -0.05) is 0 Å². The Morgan fingerprint density at radius 2 is 2.12 bits per heavy atom. The minimum absolute atomic E-state index is 0.00238. The molecule has 3 heterocycles. The Hall–Kier alpha value is -1.61. The van der Waals surface area contributed by atoms with Crippen LogP contribution < -0.4 is 0 Å². The van der Waals surface area contributed by atoms with Crippen LogP contribution in [0.1, 0.15) is 30.8 Å². The minimum Gasteiger partial charge on any atom is -0.388 e. The maximum atomic E-state index is 12.9. The van der Waals surface area contributed by atoms with Crippen LogP contribution in [0.5, 0.6) is 0 Å². The zero-order valence-electron chi connectivity index (χ0n) is 13.5. The van der Waals surface area contributed by atoms with Gasteiger partial charge in [0.2, 0.25) is 11.7 Å². The summed E-state index contributed by atoms with van der Waals surface area (Å²) in [5, 5.41) is 10.6. The van der Waals surface area contributed by atoms with Gasteiger partial charge in [0.15, 0.2) is 0 Å². The molecule has 0 aliphatic carbocycles. The zero-order valence-corrected chi connectivity index (χ0v) is 13.5. The number of imidazole rings is 1. The van der Waals surface area contributed by atoms with Gasteiger partial charge in [-0.2, -0.15) is 13.2 Å². The van der Waals surface area contributed by atoms with Gasteiger partial charge in [0, 0.05) is 19.6 Å². The van der Waals surface area contributed by atoms with Crippen LogP contribution in [0.25, 0.3) is 0 Å². The van der Waals surface area contributed by atoms with Gasteiger partial charge in [0.1, 0.15) is 0 Å². The van der Waals surface area contributed by atoms with E-state index in [-0.39, 0.29) is 32.0 Å². The van der Waals surface area contributed by atoms with Crippen LogP contribution in [0.15, 0.2) is 6.20 Å². The van der Waals surface area contributed by atoms with E-state index in [2.05, 4.69) is 4.98 Å². The molecule has 2 aliphatic rings. The van der Waals surface area contributed by atoms with E-state index in [9.17, 15) is 23.1 Å². The van der Waals surface area contributed by atoms with Crippen molar-refractivity contribution in [3.8, 4) is 0 Å². The highest BCUT2D eigenvalue weighted by Crippen LogP contribution is 2.31. The summed E-state index contributed by atoms with van der Waals surface area (Å²) in [6.07, 6.45) is -1.94. The summed E-state index contributed by atoms with van der Waals surface area (Å²) in [5.41, 5.74) is -0.687. The molecule has 0 aromatic carbocycles. The maximum absolute atomic E-state index is 12.9. The number of carbonyl (C=O) groups excluding carboxylic acids is 1. The highest BCUT2D eigenvalue weighted by molar-refractivity contribution is 5.77. The molecule has 24 heavy (non-hydrogen) atoms. The lowest BCUT2D eigenvalue weighted by Crippen LogP contribution is -2.50. The quantitative estimate of drug-likeness (QED) is 0.871. The van der Waals surface area contributed by atoms with E-state index in [1.807, 2.05) is 11.9 Å². The Balaban J connectivity index is 1.67. The molecule has 1 amide bonds. The molecule has 1 fully saturated rings. The highest BCUT2D eigenvalue weighted by atomic mass is 19.4. The Kier molecular flexibility index (Phi) is 4.33. The van der Waals surface area contributed by atoms with E-state index >= 15 is 0 Å². The van der Waals surface area contributed by atoms with Crippen molar-refractivity contribution in [3.63, 3.8) is 0 Å². The lowest BCUT2D eigenvalue weighted by atomic mass is 9.89. The third-order valence-corrected chi connectivity index (χ3v) is 4.72. The van der Waals surface area contributed by atoms with Gasteiger partial charge in [-0.15, -0.1) is 0 Å². The van der Waals surface area contributed by atoms with Crippen molar-refractivity contribution in [2.24, 2.45) is 0 Å². The Bertz CT molecular complexity index is 631. The van der Waals surface area contributed by atoms with Gasteiger partial charge in [-0.05, 0) is 26.4 Å². The van der Waals surface area contributed by atoms with Gasteiger partial charge in [-0.3, -0.25) is 4.79 Å². The summed E-state index contributed by atoms with van der Waals surface area (Å²) in [5.74, 6) is -1.15. The van der Waals surface area contributed by atoms with Crippen molar-refractivity contribution in [1.29, 1.82) is 0 Å². The average molecular weight is 346 g/mol. The molecule has 9 heteroatoms. The van der Waals surface area contributed by atoms with Gasteiger partial charge in [0.25, 0.3) is 0 Å². The summed E-state index contributed by atoms with van der Waals surface area (Å²) >= 11 is 0. The van der Waals surface area contributed by atoms with E-state index < -0.39 is 17.6 Å². The number of carbonyl (C=O) groups is 1. The first-order valence-corrected chi connectivity index (χ1v) is 7.98. The normalized spacial score (nSPS) is 25.6. The van der Waals surface area contributed by atoms with Crippen LogP contribution in [-0.2, 0) is 24.1 Å². The van der Waals surface area contributed by atoms with Crippen molar-refractivity contribution < 1.29 is 23.1 Å². The Morgan fingerprint density at radius 3 is 2.79 bits per heavy atom. The molecule has 1 aromatic rings. The highest BCUT2D eigenvalue weighted by Gasteiger charge is 2.40. The number of alkyl halides is 3. The second kappa shape index (κ2) is 6.03. The topological polar surface area (TPSA) is 61.6 Å². The number of fused-ring (bicyclic) bond motifs is 1. The van der Waals surface area contributed by atoms with Crippen molar-refractivity contribution in [1.82, 2.24) is 19.4 Å². The number of nitrogens with zero attached hydrogens (tertiary/aromatic N) is 4. The van der Waals surface area contributed by atoms with Gasteiger partial charge in [-0.25, -0.2) is 4.98 Å². The van der Waals surface area contributed by atoms with E-state index in [1.165, 1.54) is 11.1 Å². The molecule has 1 unspecified atom stereocenters. The predicted molar refractivity (Wildman–Crippen MR) is 78.9 cm³/mol. The molecule has 2 aliphatic heterocycles. The molecule has 1 aromatic heterocycles. The SMILES string of the molecule is CN1CCCC(O)(CC(=O)N2CCn3c(cnc3C(F)(F)F)C2)C1. The first-order valence-electron chi connectivity index (χ1n) is 7.98. The monoisotopic (exact) mass is 346 g/mol. The minimum atomic E-state index is -4.49. The summed E-state index contributed by atoms with van der Waals surface area (Å²) in [7, 11) is 1.90. The Morgan fingerprint density at radius 1 is 1.38 bits per heavy atom. The molecule has 0 spiro atoms. The Labute approximate surface area is 137 Å². The first kappa shape index (κ1) is 17.2. The largest absolute Gasteiger partial charge is 0.449 e. The third-order valence-electron chi connectivity index (χ3n) is 4.72. The van der Waals surface area contributed by atoms with Crippen molar-refractivity contribution in [3.05, 3.63) is 17.7 Å². The fourth-order valence-electron chi connectivity index (χ4n) is 3.60. The summed E-state index contributed by atoms with van der Waals surface area (Å²) in [4.78, 5) is 19.4. The molecule has 3 rings (SSSR count). The molecule has 0 radical (unpaired) electrons. The number of β-amino-alcohol motifs (C(OH)–C–C–N with tert-alkyl or cyclic N) is 1. The molecule has 134 valence electrons. The number of rotatable bonds is 2. The van der Waals surface area contributed by atoms with Crippen LogP contribution in [0.2, 0.25) is 0 Å². The van der Waals surface area contributed by atoms with Crippen LogP contribution in [0.4, 0.5) is 13.2 Å². The second-order valence-corrected chi connectivity index (χ2v) is 6.78. The number of aliphatic hydroxyl groups is 1. The smallest absolute Gasteiger partial charge is 0.388 e. The van der Waals surface area contributed by atoms with Crippen molar-refractivity contribution in [2.45, 2.75) is 44.1 Å². The van der Waals surface area contributed by atoms with E-state index in [0.717, 1.165) is 17.5 Å². The number of halogens is 3. The van der Waals surface area contributed by atoms with Gasteiger partial charge in [0.05, 0.1) is 30.5 Å². The van der Waals surface area contributed by atoms with Crippen LogP contribution >= 0.6 is 0 Å². The summed E-state index contributed by atoms with van der Waals surface area (Å²) < 4.78 is 39.7. The number of hydrogen-bond donors (Lipinski definition) is 1. The van der Waals surface area contributed by atoms with Crippen LogP contribution in [-0.4, -0.2) is 62.6 Å². The fourth-order valence-corrected chi connectivity index (χ4v) is 3.60. The van der Waals surface area contributed by atoms with E-state index in [4.69, 9.17) is 0 Å². The zero-order chi connectivity index (χ0) is 17.5. The van der Waals surface area contributed by atoms with Gasteiger partial charge < -0.3 is 19.5 Å². The van der Waals surface area contributed by atoms with E-state index in [1.54, 1.807) is 0 Å². The number of aromatic nitrogens is 2. The second-order valence-electron chi connectivity index (χ2n) is 6.78. The molecular formula is C15H21F3N4O2. The molecule has 1 saturated heterocycles. The molecule has 1 N–H and O–H groups in total. The molecule has 1 atom stereocenters. The number of amides is 1. The maximum Gasteiger partial charge on any atom is 0.449 e. The number of likely N-dealkylation sites (tertiary alicyclic amines) is 1. The average Bonchev–Trinajstić information content (AvgIpc) is 2.89. The van der Waals surface area contributed by atoms with E-state index in [0.29, 0.717) is 18.7 Å². The van der Waals surface area contributed by atoms with Crippen molar-refractivity contribution >= 4 is 5.91 Å². The molecule has 0 bridgehead atoms. The number of piperidine rings is 1. The fraction of sp³-hybridized carbons (Fsp3) is 0.733. The first-order chi connectivity index (χ1) is 11.2. The summed E-state index contributed by atoms with van der Waals surface area (Å²) in [6, 6.07) is 0. The van der Waals surface area contributed by atoms with Crippen LogP contribution in [0.3, 0.4) is 0 Å². The lowest BCUT2D eigenvalue weighted by Gasteiger charge is -2.38. The molecule has 0 saturated carbocycles. The predicted octanol–water partition coefficient (Wildman–Crippen LogP) is 1.09. The lowest BCUT2D eigenvalue weighted by molar-refractivity contribution is -0.148. The third kappa shape index (κ3) is 3.41. The standard InChI is InChI=1S/C15H21F3N4O2/c1-20-4-2-3-14(24,10-20)7-12(23)21-5-6-22-11(9-21)8-19-13(22)15(16,17)18/h8,24H,2-7,9-10H2,1H3. The molecule has 6 nitrogen and oxygen atoms in total. The van der Waals surface area contributed by atoms with Gasteiger partial charge >= 0.3 is 6.18 Å². The summed E-state index contributed by atoms with van der Waals surface area (Å²) in [6.45, 7) is 1.67. The number of likely N-dealkylation sites (N-methyl/N-ethyl adjacent to an activating group) is 1. The molecular weight excluding hydrogens is 325 g/mol.